The molecule has 5 rings (SSSR count). The first-order chi connectivity index (χ1) is 20.4. The second-order valence-corrected chi connectivity index (χ2v) is 12.7. The Morgan fingerprint density at radius 2 is 1.71 bits per heavy atom. The topological polar surface area (TPSA) is 106 Å². The molecule has 0 radical (unpaired) electrons. The predicted molar refractivity (Wildman–Crippen MR) is 166 cm³/mol. The summed E-state index contributed by atoms with van der Waals surface area (Å²) in [5, 5.41) is 24.5. The molecule has 4 atom stereocenters. The number of rotatable bonds is 10. The molecule has 0 bridgehead atoms. The van der Waals surface area contributed by atoms with E-state index < -0.39 is 6.29 Å². The van der Waals surface area contributed by atoms with Gasteiger partial charge in [-0.2, -0.15) is 0 Å². The van der Waals surface area contributed by atoms with Gasteiger partial charge in [0.05, 0.1) is 18.8 Å². The van der Waals surface area contributed by atoms with Gasteiger partial charge in [0.2, 0.25) is 0 Å². The number of amides is 2. The van der Waals surface area contributed by atoms with Crippen LogP contribution in [0.25, 0.3) is 11.1 Å². The van der Waals surface area contributed by atoms with Gasteiger partial charge in [0.15, 0.2) is 10.6 Å². The van der Waals surface area contributed by atoms with Gasteiger partial charge in [0, 0.05) is 30.3 Å². The Morgan fingerprint density at radius 1 is 0.952 bits per heavy atom. The first kappa shape index (κ1) is 30.2. The van der Waals surface area contributed by atoms with Crippen LogP contribution in [0.15, 0.2) is 77.1 Å². The van der Waals surface area contributed by atoms with Crippen LogP contribution in [0.3, 0.4) is 0 Å². The summed E-state index contributed by atoms with van der Waals surface area (Å²) in [6.45, 7) is 7.06. The smallest absolute Gasteiger partial charge is 0.315 e. The van der Waals surface area contributed by atoms with Gasteiger partial charge in [-0.25, -0.2) is 4.79 Å². The minimum absolute atomic E-state index is 0.00752. The number of ether oxygens (including phenoxy) is 2. The van der Waals surface area contributed by atoms with Crippen molar-refractivity contribution in [2.75, 3.05) is 12.3 Å². The molecule has 4 aromatic rings. The first-order valence-corrected chi connectivity index (χ1v) is 15.9. The molecule has 1 fully saturated rings. The molecule has 2 amide bonds. The Hall–Kier alpha value is -3.28. The second kappa shape index (κ2) is 14.3. The Kier molecular flexibility index (Phi) is 10.2. The molecule has 4 unspecified atom stereocenters. The monoisotopic (exact) mass is 604 g/mol. The fourth-order valence-corrected chi connectivity index (χ4v) is 6.90. The van der Waals surface area contributed by atoms with Crippen molar-refractivity contribution in [1.29, 1.82) is 0 Å². The Morgan fingerprint density at radius 3 is 2.40 bits per heavy atom. The maximum atomic E-state index is 11.8. The number of carbonyl (C=O) groups excluding carboxylic acids is 1. The number of aliphatic hydroxyl groups excluding tert-OH is 1. The van der Waals surface area contributed by atoms with Gasteiger partial charge in [-0.3, -0.25) is 0 Å². The summed E-state index contributed by atoms with van der Waals surface area (Å²) in [7, 11) is 0. The molecule has 1 aliphatic heterocycles. The van der Waals surface area contributed by atoms with E-state index in [1.54, 1.807) is 23.1 Å². The van der Waals surface area contributed by atoms with Gasteiger partial charge in [-0.1, -0.05) is 96.8 Å². The van der Waals surface area contributed by atoms with Crippen LogP contribution in [0.2, 0.25) is 0 Å². The number of aryl methyl sites for hydroxylation is 1. The molecule has 42 heavy (non-hydrogen) atoms. The van der Waals surface area contributed by atoms with Crippen LogP contribution in [-0.2, 0) is 22.6 Å². The van der Waals surface area contributed by atoms with E-state index in [9.17, 15) is 9.90 Å². The number of urea groups is 1. The largest absolute Gasteiger partial charge is 0.392 e. The molecule has 3 aromatic carbocycles. The van der Waals surface area contributed by atoms with Crippen LogP contribution in [0.5, 0.6) is 0 Å². The second-order valence-electron chi connectivity index (χ2n) is 10.3. The maximum Gasteiger partial charge on any atom is 0.315 e. The molecule has 1 aliphatic rings. The average Bonchev–Trinajstić information content (AvgIpc) is 3.45. The third-order valence-electron chi connectivity index (χ3n) is 7.24. The third kappa shape index (κ3) is 7.56. The average molecular weight is 605 g/mol. The van der Waals surface area contributed by atoms with Crippen LogP contribution in [0.4, 0.5) is 4.79 Å². The summed E-state index contributed by atoms with van der Waals surface area (Å²) in [4.78, 5) is 11.8. The van der Waals surface area contributed by atoms with Crippen molar-refractivity contribution in [1.82, 2.24) is 20.8 Å². The normalized spacial score (nSPS) is 20.3. The van der Waals surface area contributed by atoms with Crippen molar-refractivity contribution in [2.24, 2.45) is 5.92 Å². The maximum absolute atomic E-state index is 11.8. The lowest BCUT2D eigenvalue weighted by molar-refractivity contribution is -0.268. The van der Waals surface area contributed by atoms with E-state index in [2.05, 4.69) is 64.2 Å². The molecule has 10 heteroatoms. The zero-order valence-electron chi connectivity index (χ0n) is 23.9. The summed E-state index contributed by atoms with van der Waals surface area (Å²) in [5.41, 5.74) is 6.03. The van der Waals surface area contributed by atoms with E-state index in [0.717, 1.165) is 48.5 Å². The van der Waals surface area contributed by atoms with Crippen LogP contribution >= 0.6 is 23.1 Å². The van der Waals surface area contributed by atoms with E-state index in [1.165, 1.54) is 0 Å². The van der Waals surface area contributed by atoms with Crippen LogP contribution < -0.4 is 10.6 Å². The first-order valence-electron chi connectivity index (χ1n) is 14.1. The van der Waals surface area contributed by atoms with Gasteiger partial charge in [0.1, 0.15) is 5.01 Å². The quantitative estimate of drug-likeness (QED) is 0.180. The number of hydrogen-bond donors (Lipinski definition) is 3. The fourth-order valence-electron chi connectivity index (χ4n) is 4.90. The number of thioether (sulfide) groups is 1. The number of aliphatic hydroxyl groups is 1. The van der Waals surface area contributed by atoms with Gasteiger partial charge >= 0.3 is 6.03 Å². The highest BCUT2D eigenvalue weighted by Crippen LogP contribution is 2.43. The van der Waals surface area contributed by atoms with Gasteiger partial charge in [-0.05, 0) is 47.7 Å². The number of nitrogens with zero attached hydrogens (tertiary/aromatic N) is 2. The van der Waals surface area contributed by atoms with E-state index in [4.69, 9.17) is 9.47 Å². The number of carbonyl (C=O) groups is 1. The van der Waals surface area contributed by atoms with Gasteiger partial charge in [0.25, 0.3) is 0 Å². The molecule has 0 aliphatic carbocycles. The van der Waals surface area contributed by atoms with E-state index in [0.29, 0.717) is 13.1 Å². The van der Waals surface area contributed by atoms with Crippen molar-refractivity contribution >= 4 is 29.1 Å². The van der Waals surface area contributed by atoms with Crippen molar-refractivity contribution in [3.05, 3.63) is 100 Å². The van der Waals surface area contributed by atoms with Crippen LogP contribution in [-0.4, -0.2) is 39.7 Å². The summed E-state index contributed by atoms with van der Waals surface area (Å²) >= 11 is 3.25. The molecular formula is C32H36N4O4S2. The molecule has 3 N–H and O–H groups in total. The molecular weight excluding hydrogens is 569 g/mol. The lowest BCUT2D eigenvalue weighted by Gasteiger charge is -2.41. The zero-order valence-corrected chi connectivity index (χ0v) is 25.6. The summed E-state index contributed by atoms with van der Waals surface area (Å²) in [5.74, 6) is 0.827. The van der Waals surface area contributed by atoms with E-state index in [1.807, 2.05) is 50.2 Å². The molecule has 2 heterocycles. The van der Waals surface area contributed by atoms with Crippen LogP contribution in [0.1, 0.15) is 53.5 Å². The Balaban J connectivity index is 1.33. The van der Waals surface area contributed by atoms with Crippen molar-refractivity contribution in [2.45, 2.75) is 56.8 Å². The van der Waals surface area contributed by atoms with Crippen LogP contribution in [0, 0.1) is 12.8 Å². The summed E-state index contributed by atoms with van der Waals surface area (Å²) in [6, 6.07) is 24.2. The van der Waals surface area contributed by atoms with Gasteiger partial charge < -0.3 is 25.2 Å². The molecule has 1 aromatic heterocycles. The lowest BCUT2D eigenvalue weighted by Crippen LogP contribution is -2.38. The minimum Gasteiger partial charge on any atom is -0.392 e. The number of nitrogens with one attached hydrogen (secondary N) is 2. The fraction of sp³-hybridized carbons (Fsp3) is 0.344. The summed E-state index contributed by atoms with van der Waals surface area (Å²) in [6.07, 6.45) is -0.784. The highest BCUT2D eigenvalue weighted by atomic mass is 32.2. The van der Waals surface area contributed by atoms with Gasteiger partial charge in [-0.15, -0.1) is 10.2 Å². The van der Waals surface area contributed by atoms with Crippen molar-refractivity contribution in [3.63, 3.8) is 0 Å². The molecule has 8 nitrogen and oxygen atoms in total. The number of aromatic nitrogens is 2. The van der Waals surface area contributed by atoms with Crippen molar-refractivity contribution < 1.29 is 19.4 Å². The molecule has 0 spiro atoms. The SMILES string of the molecule is CCNC(=O)NCc1cccc(-c2ccc(C3OC(CSc4nnc(C)s4)C(C)C(c4ccc(CO)cc4)O3)cc2)c1. The standard InChI is InChI=1S/C32H36N4O4S2/c1-4-33-31(38)34-17-23-6-5-7-27(16-23)24-12-14-26(15-13-24)30-39-28(19-41-32-36-35-21(3)42-32)20(2)29(40-30)25-10-8-22(18-37)9-11-25/h5-16,20,28-30,37H,4,17-19H2,1-3H3,(H2,33,34,38). The van der Waals surface area contributed by atoms with Crippen molar-refractivity contribution in [3.8, 4) is 11.1 Å². The zero-order chi connectivity index (χ0) is 29.5. The predicted octanol–water partition coefficient (Wildman–Crippen LogP) is 6.41. The molecule has 0 saturated carbocycles. The van der Waals surface area contributed by atoms with E-state index in [-0.39, 0.29) is 30.8 Å². The Labute approximate surface area is 254 Å². The molecule has 220 valence electrons. The number of benzene rings is 3. The van der Waals surface area contributed by atoms with E-state index >= 15 is 0 Å². The third-order valence-corrected chi connectivity index (χ3v) is 9.30. The highest BCUT2D eigenvalue weighted by Gasteiger charge is 2.38. The lowest BCUT2D eigenvalue weighted by atomic mass is 9.91. The highest BCUT2D eigenvalue weighted by molar-refractivity contribution is 8.01. The Bertz CT molecular complexity index is 1460. The minimum atomic E-state index is -0.535. The summed E-state index contributed by atoms with van der Waals surface area (Å²) < 4.78 is 14.1. The number of hydrogen-bond acceptors (Lipinski definition) is 8. The molecule has 1 saturated heterocycles.